The molecule has 0 atom stereocenters. The van der Waals surface area contributed by atoms with Crippen LogP contribution < -0.4 is 15.2 Å². The first-order chi connectivity index (χ1) is 8.92. The first-order valence-electron chi connectivity index (χ1n) is 6.81. The van der Waals surface area contributed by atoms with E-state index in [4.69, 9.17) is 15.2 Å². The monoisotopic (exact) mass is 327 g/mol. The van der Waals surface area contributed by atoms with Crippen LogP contribution in [-0.2, 0) is 12.8 Å². The molecule has 0 saturated heterocycles. The van der Waals surface area contributed by atoms with E-state index < -0.39 is 0 Å². The van der Waals surface area contributed by atoms with Crippen molar-refractivity contribution >= 4 is 15.9 Å². The fraction of sp³-hybridized carbons (Fsp3) is 0.600. The van der Waals surface area contributed by atoms with E-state index in [9.17, 15) is 0 Å². The lowest BCUT2D eigenvalue weighted by atomic mass is 9.91. The van der Waals surface area contributed by atoms with Gasteiger partial charge in [-0.15, -0.1) is 0 Å². The molecule has 2 N–H and O–H groups in total. The van der Waals surface area contributed by atoms with Crippen molar-refractivity contribution in [1.82, 2.24) is 0 Å². The van der Waals surface area contributed by atoms with E-state index in [1.165, 1.54) is 11.1 Å². The molecule has 1 aromatic carbocycles. The summed E-state index contributed by atoms with van der Waals surface area (Å²) in [7, 11) is 0. The van der Waals surface area contributed by atoms with Gasteiger partial charge in [-0.1, -0.05) is 22.9 Å². The number of fused-ring (bicyclic) bond motifs is 1. The molecule has 19 heavy (non-hydrogen) atoms. The Morgan fingerprint density at radius 2 is 1.95 bits per heavy atom. The molecule has 0 fully saturated rings. The van der Waals surface area contributed by atoms with Crippen LogP contribution in [0.1, 0.15) is 38.3 Å². The van der Waals surface area contributed by atoms with Gasteiger partial charge in [-0.2, -0.15) is 0 Å². The molecule has 0 radical (unpaired) electrons. The maximum Gasteiger partial charge on any atom is 0.164 e. The molecule has 0 aliphatic carbocycles. The van der Waals surface area contributed by atoms with Crippen molar-refractivity contribution in [3.8, 4) is 11.5 Å². The van der Waals surface area contributed by atoms with Crippen molar-refractivity contribution in [2.75, 3.05) is 13.2 Å². The zero-order chi connectivity index (χ0) is 14.0. The van der Waals surface area contributed by atoms with Gasteiger partial charge < -0.3 is 15.2 Å². The van der Waals surface area contributed by atoms with Crippen LogP contribution >= 0.6 is 15.9 Å². The number of benzene rings is 1. The Morgan fingerprint density at radius 1 is 1.26 bits per heavy atom. The average molecular weight is 328 g/mol. The Morgan fingerprint density at radius 3 is 2.58 bits per heavy atom. The van der Waals surface area contributed by atoms with Gasteiger partial charge in [0.1, 0.15) is 0 Å². The predicted molar refractivity (Wildman–Crippen MR) is 81.1 cm³/mol. The lowest BCUT2D eigenvalue weighted by Crippen LogP contribution is -2.35. The van der Waals surface area contributed by atoms with Gasteiger partial charge in [-0.05, 0) is 38.3 Å². The van der Waals surface area contributed by atoms with Crippen LogP contribution in [0.25, 0.3) is 0 Å². The number of nitrogens with two attached hydrogens (primary N) is 1. The lowest BCUT2D eigenvalue weighted by Gasteiger charge is -2.24. The zero-order valence-electron chi connectivity index (χ0n) is 11.9. The second kappa shape index (κ2) is 5.71. The number of hydrogen-bond donors (Lipinski definition) is 1. The Bertz CT molecular complexity index is 466. The standard InChI is InChI=1S/C15H22BrNO2/c1-4-10-11(9-15(2,3)17)12(16)8-13-14(10)19-7-5-6-18-13/h8H,4-7,9,17H2,1-3H3. The largest absolute Gasteiger partial charge is 0.490 e. The molecule has 1 aliphatic rings. The molecule has 0 bridgehead atoms. The molecule has 106 valence electrons. The lowest BCUT2D eigenvalue weighted by molar-refractivity contribution is 0.296. The van der Waals surface area contributed by atoms with Crippen molar-refractivity contribution in [2.45, 2.75) is 45.6 Å². The molecule has 1 aliphatic heterocycles. The van der Waals surface area contributed by atoms with Crippen LogP contribution in [0, 0.1) is 0 Å². The van der Waals surface area contributed by atoms with E-state index in [1.54, 1.807) is 0 Å². The van der Waals surface area contributed by atoms with E-state index in [2.05, 4.69) is 22.9 Å². The highest BCUT2D eigenvalue weighted by Gasteiger charge is 2.23. The Labute approximate surface area is 123 Å². The van der Waals surface area contributed by atoms with Crippen molar-refractivity contribution in [1.29, 1.82) is 0 Å². The average Bonchev–Trinajstić information content (AvgIpc) is 2.53. The molecule has 3 nitrogen and oxygen atoms in total. The summed E-state index contributed by atoms with van der Waals surface area (Å²) in [6.07, 6.45) is 2.65. The van der Waals surface area contributed by atoms with Gasteiger partial charge in [0.25, 0.3) is 0 Å². The smallest absolute Gasteiger partial charge is 0.164 e. The van der Waals surface area contributed by atoms with Gasteiger partial charge in [0, 0.05) is 22.0 Å². The predicted octanol–water partition coefficient (Wildman–Crippen LogP) is 3.45. The molecule has 0 unspecified atom stereocenters. The van der Waals surface area contributed by atoms with Gasteiger partial charge in [-0.25, -0.2) is 0 Å². The minimum absolute atomic E-state index is 0.244. The molecule has 2 rings (SSSR count). The highest BCUT2D eigenvalue weighted by atomic mass is 79.9. The second-order valence-electron chi connectivity index (χ2n) is 5.71. The fourth-order valence-electron chi connectivity index (χ4n) is 2.40. The van der Waals surface area contributed by atoms with Crippen LogP contribution in [0.2, 0.25) is 0 Å². The summed E-state index contributed by atoms with van der Waals surface area (Å²) in [5, 5.41) is 0. The van der Waals surface area contributed by atoms with Gasteiger partial charge in [0.15, 0.2) is 11.5 Å². The van der Waals surface area contributed by atoms with Gasteiger partial charge in [0.05, 0.1) is 13.2 Å². The third kappa shape index (κ3) is 3.42. The summed E-state index contributed by atoms with van der Waals surface area (Å²) in [6.45, 7) is 7.66. The summed E-state index contributed by atoms with van der Waals surface area (Å²) in [5.41, 5.74) is 8.38. The number of halogens is 1. The highest BCUT2D eigenvalue weighted by molar-refractivity contribution is 9.10. The first kappa shape index (κ1) is 14.7. The second-order valence-corrected chi connectivity index (χ2v) is 6.57. The number of hydrogen-bond acceptors (Lipinski definition) is 3. The molecular weight excluding hydrogens is 306 g/mol. The van der Waals surface area contributed by atoms with Crippen molar-refractivity contribution in [3.63, 3.8) is 0 Å². The fourth-order valence-corrected chi connectivity index (χ4v) is 2.99. The topological polar surface area (TPSA) is 44.5 Å². The normalized spacial score (nSPS) is 15.2. The van der Waals surface area contributed by atoms with Gasteiger partial charge >= 0.3 is 0 Å². The van der Waals surface area contributed by atoms with E-state index in [0.29, 0.717) is 13.2 Å². The number of ether oxygens (including phenoxy) is 2. The molecule has 1 aromatic rings. The minimum Gasteiger partial charge on any atom is -0.490 e. The van der Waals surface area contributed by atoms with Gasteiger partial charge in [0.2, 0.25) is 0 Å². The summed E-state index contributed by atoms with van der Waals surface area (Å²) in [4.78, 5) is 0. The van der Waals surface area contributed by atoms with Crippen molar-refractivity contribution in [2.24, 2.45) is 5.73 Å². The summed E-state index contributed by atoms with van der Waals surface area (Å²) < 4.78 is 12.7. The molecule has 0 aromatic heterocycles. The van der Waals surface area contributed by atoms with E-state index >= 15 is 0 Å². The highest BCUT2D eigenvalue weighted by Crippen LogP contribution is 2.41. The van der Waals surface area contributed by atoms with Crippen LogP contribution in [0.5, 0.6) is 11.5 Å². The Kier molecular flexibility index (Phi) is 4.41. The molecule has 0 saturated carbocycles. The minimum atomic E-state index is -0.244. The molecule has 0 amide bonds. The quantitative estimate of drug-likeness (QED) is 0.924. The van der Waals surface area contributed by atoms with E-state index in [0.717, 1.165) is 35.2 Å². The first-order valence-corrected chi connectivity index (χ1v) is 7.60. The van der Waals surface area contributed by atoms with Crippen molar-refractivity contribution < 1.29 is 9.47 Å². The molecule has 1 heterocycles. The van der Waals surface area contributed by atoms with Crippen LogP contribution in [0.4, 0.5) is 0 Å². The summed E-state index contributed by atoms with van der Waals surface area (Å²) >= 11 is 3.65. The third-order valence-electron chi connectivity index (χ3n) is 3.19. The molecule has 4 heteroatoms. The maximum absolute atomic E-state index is 6.17. The Balaban J connectivity index is 2.51. The Hall–Kier alpha value is -0.740. The summed E-state index contributed by atoms with van der Waals surface area (Å²) in [6, 6.07) is 2.01. The van der Waals surface area contributed by atoms with E-state index in [1.807, 2.05) is 19.9 Å². The zero-order valence-corrected chi connectivity index (χ0v) is 13.5. The molecule has 0 spiro atoms. The number of rotatable bonds is 3. The summed E-state index contributed by atoms with van der Waals surface area (Å²) in [5.74, 6) is 1.75. The molecular formula is C15H22BrNO2. The van der Waals surface area contributed by atoms with Crippen LogP contribution in [0.15, 0.2) is 10.5 Å². The van der Waals surface area contributed by atoms with Crippen LogP contribution in [0.3, 0.4) is 0 Å². The third-order valence-corrected chi connectivity index (χ3v) is 3.89. The van der Waals surface area contributed by atoms with Crippen molar-refractivity contribution in [3.05, 3.63) is 21.7 Å². The maximum atomic E-state index is 6.17. The SMILES string of the molecule is CCc1c(CC(C)(C)N)c(Br)cc2c1OCCCO2. The van der Waals surface area contributed by atoms with E-state index in [-0.39, 0.29) is 5.54 Å². The van der Waals surface area contributed by atoms with Crippen LogP contribution in [-0.4, -0.2) is 18.8 Å². The van der Waals surface area contributed by atoms with Gasteiger partial charge in [-0.3, -0.25) is 0 Å².